The molecule has 2 aromatic heterocycles. The van der Waals surface area contributed by atoms with Gasteiger partial charge in [-0.15, -0.1) is 0 Å². The van der Waals surface area contributed by atoms with Gasteiger partial charge in [0.05, 0.1) is 24.1 Å². The molecule has 3 heterocycles. The van der Waals surface area contributed by atoms with E-state index in [1.54, 1.807) is 0 Å². The van der Waals surface area contributed by atoms with Gasteiger partial charge in [-0.1, -0.05) is 18.2 Å². The van der Waals surface area contributed by atoms with E-state index < -0.39 is 0 Å². The van der Waals surface area contributed by atoms with E-state index in [0.717, 1.165) is 41.8 Å². The van der Waals surface area contributed by atoms with Crippen LogP contribution in [0.4, 0.5) is 0 Å². The topological polar surface area (TPSA) is 56.0 Å². The fourth-order valence-electron chi connectivity index (χ4n) is 4.19. The molecule has 0 spiro atoms. The summed E-state index contributed by atoms with van der Waals surface area (Å²) in [6.07, 6.45) is 4.86. The number of aromatic nitrogens is 4. The van der Waals surface area contributed by atoms with Gasteiger partial charge in [0.15, 0.2) is 5.69 Å². The minimum atomic E-state index is 0.0340. The molecule has 6 heteroatoms. The third-order valence-corrected chi connectivity index (χ3v) is 5.61. The van der Waals surface area contributed by atoms with Crippen molar-refractivity contribution in [2.45, 2.75) is 39.3 Å². The van der Waals surface area contributed by atoms with Crippen LogP contribution in [0, 0.1) is 6.92 Å². The molecule has 0 radical (unpaired) electrons. The molecule has 3 aromatic rings. The molecule has 2 aliphatic rings. The van der Waals surface area contributed by atoms with Crippen molar-refractivity contribution in [3.8, 4) is 5.69 Å². The van der Waals surface area contributed by atoms with E-state index in [1.165, 1.54) is 11.3 Å². The van der Waals surface area contributed by atoms with Crippen LogP contribution in [-0.2, 0) is 33.0 Å². The van der Waals surface area contributed by atoms with Crippen molar-refractivity contribution >= 4 is 5.91 Å². The van der Waals surface area contributed by atoms with E-state index in [9.17, 15) is 4.79 Å². The van der Waals surface area contributed by atoms with Crippen LogP contribution in [0.1, 0.15) is 45.0 Å². The van der Waals surface area contributed by atoms with Crippen LogP contribution in [0.5, 0.6) is 0 Å². The zero-order valence-electron chi connectivity index (χ0n) is 15.1. The summed E-state index contributed by atoms with van der Waals surface area (Å²) in [5.74, 6) is 0.0340. The molecule has 1 aromatic carbocycles. The molecule has 0 bridgehead atoms. The smallest absolute Gasteiger partial charge is 0.275 e. The number of carbonyl (C=O) groups is 1. The molecular weight excluding hydrogens is 326 g/mol. The number of fused-ring (bicyclic) bond motifs is 2. The van der Waals surface area contributed by atoms with Crippen molar-refractivity contribution in [1.82, 2.24) is 24.5 Å². The van der Waals surface area contributed by atoms with E-state index in [0.29, 0.717) is 18.8 Å². The van der Waals surface area contributed by atoms with Gasteiger partial charge < -0.3 is 4.90 Å². The molecule has 26 heavy (non-hydrogen) atoms. The molecule has 0 saturated heterocycles. The maximum atomic E-state index is 13.2. The maximum absolute atomic E-state index is 13.2. The number of para-hydroxylation sites is 1. The highest BCUT2D eigenvalue weighted by atomic mass is 16.2. The van der Waals surface area contributed by atoms with Crippen LogP contribution in [0.25, 0.3) is 5.69 Å². The number of hydrogen-bond acceptors (Lipinski definition) is 3. The number of carbonyl (C=O) groups excluding carboxylic acids is 1. The van der Waals surface area contributed by atoms with Crippen molar-refractivity contribution in [1.29, 1.82) is 0 Å². The number of nitrogens with zero attached hydrogens (tertiary/aromatic N) is 5. The van der Waals surface area contributed by atoms with E-state index in [1.807, 2.05) is 39.6 Å². The van der Waals surface area contributed by atoms with E-state index in [-0.39, 0.29) is 5.91 Å². The Morgan fingerprint density at radius 3 is 2.77 bits per heavy atom. The second kappa shape index (κ2) is 5.56. The zero-order chi connectivity index (χ0) is 17.8. The molecule has 0 atom stereocenters. The molecule has 6 nitrogen and oxygen atoms in total. The van der Waals surface area contributed by atoms with Crippen molar-refractivity contribution in [2.75, 3.05) is 0 Å². The summed E-state index contributed by atoms with van der Waals surface area (Å²) in [4.78, 5) is 15.1. The predicted octanol–water partition coefficient (Wildman–Crippen LogP) is 2.56. The molecule has 5 rings (SSSR count). The van der Waals surface area contributed by atoms with Gasteiger partial charge >= 0.3 is 0 Å². The summed E-state index contributed by atoms with van der Waals surface area (Å²) < 4.78 is 3.86. The molecule has 0 unspecified atom stereocenters. The van der Waals surface area contributed by atoms with E-state index in [4.69, 9.17) is 5.10 Å². The van der Waals surface area contributed by atoms with Crippen molar-refractivity contribution in [3.05, 3.63) is 64.2 Å². The summed E-state index contributed by atoms with van der Waals surface area (Å²) in [5.41, 5.74) is 7.45. The van der Waals surface area contributed by atoms with Gasteiger partial charge in [-0.3, -0.25) is 9.48 Å². The van der Waals surface area contributed by atoms with Crippen molar-refractivity contribution in [2.24, 2.45) is 7.05 Å². The maximum Gasteiger partial charge on any atom is 0.275 e. The molecule has 1 amide bonds. The second-order valence-corrected chi connectivity index (χ2v) is 7.23. The fraction of sp³-hybridized carbons (Fsp3) is 0.350. The lowest BCUT2D eigenvalue weighted by Gasteiger charge is -2.15. The molecule has 0 saturated carbocycles. The largest absolute Gasteiger partial charge is 0.327 e. The summed E-state index contributed by atoms with van der Waals surface area (Å²) in [7, 11) is 1.93. The van der Waals surface area contributed by atoms with Gasteiger partial charge in [0, 0.05) is 30.4 Å². The van der Waals surface area contributed by atoms with E-state index >= 15 is 0 Å². The van der Waals surface area contributed by atoms with Gasteiger partial charge in [0.2, 0.25) is 0 Å². The van der Waals surface area contributed by atoms with Crippen LogP contribution in [-0.4, -0.2) is 30.4 Å². The Balaban J connectivity index is 1.54. The lowest BCUT2D eigenvalue weighted by molar-refractivity contribution is 0.0741. The number of hydrogen-bond donors (Lipinski definition) is 0. The Morgan fingerprint density at radius 2 is 1.96 bits per heavy atom. The Kier molecular flexibility index (Phi) is 3.29. The first-order valence-electron chi connectivity index (χ1n) is 9.09. The third kappa shape index (κ3) is 2.14. The Morgan fingerprint density at radius 1 is 1.12 bits per heavy atom. The molecule has 0 N–H and O–H groups in total. The first kappa shape index (κ1) is 15.4. The molecular formula is C20H21N5O. The second-order valence-electron chi connectivity index (χ2n) is 7.23. The van der Waals surface area contributed by atoms with Crippen LogP contribution in [0.2, 0.25) is 0 Å². The molecule has 1 aliphatic heterocycles. The van der Waals surface area contributed by atoms with Crippen molar-refractivity contribution in [3.63, 3.8) is 0 Å². The van der Waals surface area contributed by atoms with Gasteiger partial charge in [-0.2, -0.15) is 10.2 Å². The van der Waals surface area contributed by atoms with Crippen molar-refractivity contribution < 1.29 is 4.79 Å². The highest BCUT2D eigenvalue weighted by molar-refractivity contribution is 5.94. The van der Waals surface area contributed by atoms with Crippen LogP contribution >= 0.6 is 0 Å². The highest BCUT2D eigenvalue weighted by Crippen LogP contribution is 2.31. The molecule has 132 valence electrons. The summed E-state index contributed by atoms with van der Waals surface area (Å²) in [6, 6.07) is 8.22. The summed E-state index contributed by atoms with van der Waals surface area (Å²) in [6.45, 7) is 3.31. The lowest BCUT2D eigenvalue weighted by atomic mass is 10.1. The Labute approximate surface area is 152 Å². The van der Waals surface area contributed by atoms with E-state index in [2.05, 4.69) is 24.2 Å². The standard InChI is InChI=1S/C20H21N5O/c1-13-6-3-4-8-16(13)25-17-9-5-7-15(17)19(22-25)20(26)24-11-14-10-21-23(2)18(14)12-24/h3-4,6,8,10H,5,7,9,11-12H2,1-2H3. The summed E-state index contributed by atoms with van der Waals surface area (Å²) >= 11 is 0. The molecule has 1 aliphatic carbocycles. The van der Waals surface area contributed by atoms with Crippen LogP contribution < -0.4 is 0 Å². The zero-order valence-corrected chi connectivity index (χ0v) is 15.1. The monoisotopic (exact) mass is 347 g/mol. The number of benzene rings is 1. The first-order valence-corrected chi connectivity index (χ1v) is 9.09. The Hall–Kier alpha value is -2.89. The average Bonchev–Trinajstić information content (AvgIpc) is 3.37. The quantitative estimate of drug-likeness (QED) is 0.716. The van der Waals surface area contributed by atoms with Gasteiger partial charge in [-0.25, -0.2) is 4.68 Å². The first-order chi connectivity index (χ1) is 12.6. The van der Waals surface area contributed by atoms with Gasteiger partial charge in [0.1, 0.15) is 0 Å². The highest BCUT2D eigenvalue weighted by Gasteiger charge is 2.33. The SMILES string of the molecule is Cc1ccccc1-n1nc(C(=O)N2Cc3cnn(C)c3C2)c2c1CCC2. The minimum Gasteiger partial charge on any atom is -0.327 e. The summed E-state index contributed by atoms with van der Waals surface area (Å²) in [5, 5.41) is 9.06. The fourth-order valence-corrected chi connectivity index (χ4v) is 4.19. The van der Waals surface area contributed by atoms with Crippen LogP contribution in [0.3, 0.4) is 0 Å². The third-order valence-electron chi connectivity index (χ3n) is 5.61. The molecule has 0 fully saturated rings. The minimum absolute atomic E-state index is 0.0340. The lowest BCUT2D eigenvalue weighted by Crippen LogP contribution is -2.27. The number of rotatable bonds is 2. The Bertz CT molecular complexity index is 1030. The number of aryl methyl sites for hydroxylation is 2. The van der Waals surface area contributed by atoms with Gasteiger partial charge in [0.25, 0.3) is 5.91 Å². The normalized spacial score (nSPS) is 15.4. The number of amides is 1. The average molecular weight is 347 g/mol. The van der Waals surface area contributed by atoms with Crippen LogP contribution in [0.15, 0.2) is 30.5 Å². The van der Waals surface area contributed by atoms with Gasteiger partial charge in [-0.05, 0) is 37.8 Å². The predicted molar refractivity (Wildman–Crippen MR) is 97.1 cm³/mol.